The van der Waals surface area contributed by atoms with Gasteiger partial charge in [-0.3, -0.25) is 19.2 Å². The zero-order valence-electron chi connectivity index (χ0n) is 21.5. The van der Waals surface area contributed by atoms with Crippen LogP contribution >= 0.6 is 0 Å². The van der Waals surface area contributed by atoms with E-state index in [2.05, 4.69) is 0 Å². The number of rotatable bonds is 15. The van der Waals surface area contributed by atoms with Crippen LogP contribution in [-0.2, 0) is 35.1 Å². The molecule has 0 aliphatic heterocycles. The average Bonchev–Trinajstić information content (AvgIpc) is 2.82. The van der Waals surface area contributed by atoms with Gasteiger partial charge < -0.3 is 24.7 Å². The molecular formula is C26H39NO8. The molecule has 0 amide bonds. The zero-order valence-corrected chi connectivity index (χ0v) is 21.5. The second kappa shape index (κ2) is 15.1. The first-order chi connectivity index (χ1) is 16.6. The van der Waals surface area contributed by atoms with Crippen molar-refractivity contribution in [3.8, 4) is 11.5 Å². The van der Waals surface area contributed by atoms with Gasteiger partial charge in [-0.05, 0) is 37.5 Å². The number of nitrogens with two attached hydrogens (primary N) is 1. The molecule has 196 valence electrons. The molecular weight excluding hydrogens is 454 g/mol. The van der Waals surface area contributed by atoms with Gasteiger partial charge in [0.15, 0.2) is 11.5 Å². The van der Waals surface area contributed by atoms with Crippen molar-refractivity contribution in [3.05, 3.63) is 23.8 Å². The minimum Gasteiger partial charge on any atom is -0.468 e. The Bertz CT molecular complexity index is 869. The summed E-state index contributed by atoms with van der Waals surface area (Å²) in [6, 6.07) is 4.68. The number of unbranched alkanes of at least 4 members (excludes halogenated alkanes) is 2. The molecule has 1 rings (SSSR count). The SMILES string of the molecule is CCCCC(=O)Oc1ccc(CC(N)(C[C@H](C)OC(=O)CC)C(=O)OC)cc1OC(=O)CCCC. The summed E-state index contributed by atoms with van der Waals surface area (Å²) in [6.45, 7) is 7.25. The van der Waals surface area contributed by atoms with Crippen molar-refractivity contribution in [2.45, 2.75) is 97.1 Å². The summed E-state index contributed by atoms with van der Waals surface area (Å²) in [5.41, 5.74) is 5.48. The maximum absolute atomic E-state index is 12.6. The van der Waals surface area contributed by atoms with Gasteiger partial charge in [0, 0.05) is 32.1 Å². The molecule has 1 aromatic rings. The predicted molar refractivity (Wildman–Crippen MR) is 130 cm³/mol. The second-order valence-corrected chi connectivity index (χ2v) is 8.62. The molecule has 0 spiro atoms. The van der Waals surface area contributed by atoms with E-state index < -0.39 is 35.5 Å². The van der Waals surface area contributed by atoms with Gasteiger partial charge in [-0.15, -0.1) is 0 Å². The maximum Gasteiger partial charge on any atom is 0.326 e. The van der Waals surface area contributed by atoms with E-state index in [1.54, 1.807) is 19.9 Å². The van der Waals surface area contributed by atoms with Gasteiger partial charge in [0.2, 0.25) is 0 Å². The van der Waals surface area contributed by atoms with E-state index in [0.717, 1.165) is 12.8 Å². The van der Waals surface area contributed by atoms with E-state index in [1.165, 1.54) is 19.2 Å². The third-order valence-corrected chi connectivity index (χ3v) is 5.31. The fraction of sp³-hybridized carbons (Fsp3) is 0.615. The summed E-state index contributed by atoms with van der Waals surface area (Å²) in [7, 11) is 1.23. The highest BCUT2D eigenvalue weighted by molar-refractivity contribution is 5.81. The zero-order chi connectivity index (χ0) is 26.4. The Morgan fingerprint density at radius 1 is 0.914 bits per heavy atom. The van der Waals surface area contributed by atoms with Crippen LogP contribution in [0.2, 0.25) is 0 Å². The monoisotopic (exact) mass is 493 g/mol. The number of methoxy groups -OCH3 is 1. The molecule has 0 aromatic heterocycles. The number of carbonyl (C=O) groups is 4. The van der Waals surface area contributed by atoms with Crippen molar-refractivity contribution in [1.29, 1.82) is 0 Å². The van der Waals surface area contributed by atoms with E-state index in [0.29, 0.717) is 18.4 Å². The third kappa shape index (κ3) is 10.5. The van der Waals surface area contributed by atoms with Crippen molar-refractivity contribution >= 4 is 23.9 Å². The predicted octanol–water partition coefficient (Wildman–Crippen LogP) is 4.02. The maximum atomic E-state index is 12.6. The topological polar surface area (TPSA) is 131 Å². The molecule has 0 radical (unpaired) electrons. The summed E-state index contributed by atoms with van der Waals surface area (Å²) >= 11 is 0. The van der Waals surface area contributed by atoms with Gasteiger partial charge in [-0.25, -0.2) is 0 Å². The molecule has 1 aromatic carbocycles. The van der Waals surface area contributed by atoms with E-state index in [1.807, 2.05) is 13.8 Å². The number of hydrogen-bond donors (Lipinski definition) is 1. The van der Waals surface area contributed by atoms with Crippen LogP contribution < -0.4 is 15.2 Å². The van der Waals surface area contributed by atoms with Crippen LogP contribution in [0.5, 0.6) is 11.5 Å². The Balaban J connectivity index is 3.21. The molecule has 9 nitrogen and oxygen atoms in total. The molecule has 0 aliphatic rings. The molecule has 0 saturated heterocycles. The first-order valence-electron chi connectivity index (χ1n) is 12.2. The van der Waals surface area contributed by atoms with Crippen LogP contribution in [0.15, 0.2) is 18.2 Å². The molecule has 0 saturated carbocycles. The fourth-order valence-corrected chi connectivity index (χ4v) is 3.47. The van der Waals surface area contributed by atoms with Gasteiger partial charge in [-0.1, -0.05) is 39.7 Å². The summed E-state index contributed by atoms with van der Waals surface area (Å²) in [6.07, 6.45) is 3.06. The standard InChI is InChI=1S/C26H39NO8/c1-6-9-11-23(29)34-20-14-13-19(15-21(20)35-24(30)12-10-7-2)17-26(27,25(31)32-5)16-18(4)33-22(28)8-3/h13-15,18H,6-12,16-17,27H2,1-5H3/t18-,26?/m0/s1. The Morgan fingerprint density at radius 2 is 1.49 bits per heavy atom. The second-order valence-electron chi connectivity index (χ2n) is 8.62. The Morgan fingerprint density at radius 3 is 2.00 bits per heavy atom. The molecule has 35 heavy (non-hydrogen) atoms. The van der Waals surface area contributed by atoms with E-state index in [4.69, 9.17) is 24.7 Å². The summed E-state index contributed by atoms with van der Waals surface area (Å²) in [5, 5.41) is 0. The van der Waals surface area contributed by atoms with Gasteiger partial charge in [-0.2, -0.15) is 0 Å². The largest absolute Gasteiger partial charge is 0.468 e. The highest BCUT2D eigenvalue weighted by Gasteiger charge is 2.38. The van der Waals surface area contributed by atoms with Crippen LogP contribution in [0.4, 0.5) is 0 Å². The Kier molecular flexibility index (Phi) is 13.0. The Labute approximate surface area is 207 Å². The highest BCUT2D eigenvalue weighted by atomic mass is 16.6. The smallest absolute Gasteiger partial charge is 0.326 e. The minimum atomic E-state index is -1.51. The average molecular weight is 494 g/mol. The van der Waals surface area contributed by atoms with E-state index in [-0.39, 0.29) is 43.6 Å². The molecule has 2 atom stereocenters. The number of carbonyl (C=O) groups excluding carboxylic acids is 4. The van der Waals surface area contributed by atoms with Crippen LogP contribution in [0.25, 0.3) is 0 Å². The minimum absolute atomic E-state index is 0.0112. The van der Waals surface area contributed by atoms with E-state index in [9.17, 15) is 19.2 Å². The first kappa shape index (κ1) is 30.1. The number of ether oxygens (including phenoxy) is 4. The normalized spacial score (nSPS) is 13.3. The lowest BCUT2D eigenvalue weighted by Gasteiger charge is -2.29. The summed E-state index contributed by atoms with van der Waals surface area (Å²) in [4.78, 5) is 48.7. The lowest BCUT2D eigenvalue weighted by atomic mass is 9.86. The van der Waals surface area contributed by atoms with Gasteiger partial charge >= 0.3 is 23.9 Å². The molecule has 9 heteroatoms. The molecule has 0 bridgehead atoms. The number of hydrogen-bond acceptors (Lipinski definition) is 9. The van der Waals surface area contributed by atoms with Crippen molar-refractivity contribution < 1.29 is 38.1 Å². The van der Waals surface area contributed by atoms with Crippen molar-refractivity contribution in [3.63, 3.8) is 0 Å². The summed E-state index contributed by atoms with van der Waals surface area (Å²) in [5.74, 6) is -1.77. The van der Waals surface area contributed by atoms with Gasteiger partial charge in [0.25, 0.3) is 0 Å². The fourth-order valence-electron chi connectivity index (χ4n) is 3.47. The van der Waals surface area contributed by atoms with E-state index >= 15 is 0 Å². The van der Waals surface area contributed by atoms with Crippen LogP contribution in [0.3, 0.4) is 0 Å². The molecule has 0 heterocycles. The van der Waals surface area contributed by atoms with Crippen LogP contribution in [-0.4, -0.2) is 42.6 Å². The van der Waals surface area contributed by atoms with Gasteiger partial charge in [0.05, 0.1) is 7.11 Å². The molecule has 2 N–H and O–H groups in total. The lowest BCUT2D eigenvalue weighted by Crippen LogP contribution is -2.53. The molecule has 0 aliphatic carbocycles. The number of benzene rings is 1. The Hall–Kier alpha value is -2.94. The quantitative estimate of drug-likeness (QED) is 0.284. The third-order valence-electron chi connectivity index (χ3n) is 5.31. The van der Waals surface area contributed by atoms with Crippen molar-refractivity contribution in [1.82, 2.24) is 0 Å². The van der Waals surface area contributed by atoms with Crippen molar-refractivity contribution in [2.24, 2.45) is 5.73 Å². The van der Waals surface area contributed by atoms with Crippen LogP contribution in [0.1, 0.15) is 84.6 Å². The summed E-state index contributed by atoms with van der Waals surface area (Å²) < 4.78 is 21.1. The lowest BCUT2D eigenvalue weighted by molar-refractivity contribution is -0.154. The van der Waals surface area contributed by atoms with Crippen LogP contribution in [0, 0.1) is 0 Å². The highest BCUT2D eigenvalue weighted by Crippen LogP contribution is 2.32. The molecule has 1 unspecified atom stereocenters. The first-order valence-corrected chi connectivity index (χ1v) is 12.2. The van der Waals surface area contributed by atoms with Crippen molar-refractivity contribution in [2.75, 3.05) is 7.11 Å². The molecule has 0 fully saturated rings. The number of esters is 4. The van der Waals surface area contributed by atoms with Gasteiger partial charge in [0.1, 0.15) is 11.6 Å².